The number of aromatic nitrogens is 4. The fraction of sp³-hybridized carbons (Fsp3) is 0.345. The van der Waals surface area contributed by atoms with Gasteiger partial charge in [-0.25, -0.2) is 14.8 Å². The predicted octanol–water partition coefficient (Wildman–Crippen LogP) is 8.82. The Morgan fingerprint density at radius 1 is 0.775 bits per heavy atom. The van der Waals surface area contributed by atoms with E-state index in [1.54, 1.807) is 21.9 Å². The zero-order valence-electron chi connectivity index (χ0n) is 40.6. The lowest BCUT2D eigenvalue weighted by Gasteiger charge is -2.34. The highest BCUT2D eigenvalue weighted by Gasteiger charge is 2.45. The number of aryl methyl sites for hydroxylation is 1. The van der Waals surface area contributed by atoms with Crippen molar-refractivity contribution in [2.45, 2.75) is 51.5 Å². The maximum Gasteiger partial charge on any atom is 0.412 e. The summed E-state index contributed by atoms with van der Waals surface area (Å²) in [5.41, 5.74) is 16.9. The smallest absolute Gasteiger partial charge is 0.412 e. The average Bonchev–Trinajstić information content (AvgIpc) is 4.22. The van der Waals surface area contributed by atoms with Gasteiger partial charge in [0.2, 0.25) is 0 Å². The maximum atomic E-state index is 14.2. The standard InChI is InChI=1S/C55H61N9O7/c1-35-8-10-37(11-9-35)34-71-55(66)63-24-27-70-54(63)48-28-36(2)33-64(48)53(65)42-31-49(67-4)50(32-43(42)56)69-26-7-5-6-25-68-41-16-12-38(13-17-41)51-57-44-18-14-39(29-46(44)59-51)52-58-45-19-15-40(30-47(45)60-52)62-22-20-61(3)21-23-62/h8-19,29-32,48,54H,2,5-7,20-28,33-34,56H2,1,3-4H3,(H,57,59)(H,58,60)/t48-,54?/m0/s1. The topological polar surface area (TPSA) is 177 Å². The number of amides is 2. The average molecular weight is 960 g/mol. The third kappa shape index (κ3) is 10.5. The van der Waals surface area contributed by atoms with E-state index in [9.17, 15) is 9.59 Å². The molecule has 2 atom stereocenters. The van der Waals surface area contributed by atoms with Crippen molar-refractivity contribution in [1.82, 2.24) is 34.6 Å². The molecule has 2 aromatic heterocycles. The lowest BCUT2D eigenvalue weighted by molar-refractivity contribution is -0.0219. The van der Waals surface area contributed by atoms with Gasteiger partial charge in [-0.1, -0.05) is 42.0 Å². The normalized spacial score (nSPS) is 17.4. The number of hydrogen-bond donors (Lipinski definition) is 3. The van der Waals surface area contributed by atoms with Crippen LogP contribution in [0.5, 0.6) is 17.2 Å². The quantitative estimate of drug-likeness (QED) is 0.0478. The number of unbranched alkanes of at least 4 members (excludes halogenated alkanes) is 2. The molecule has 4 N–H and O–H groups in total. The summed E-state index contributed by atoms with van der Waals surface area (Å²) >= 11 is 0. The van der Waals surface area contributed by atoms with Crippen LogP contribution in [0.4, 0.5) is 16.2 Å². The largest absolute Gasteiger partial charge is 0.494 e. The van der Waals surface area contributed by atoms with Crippen molar-refractivity contribution in [3.05, 3.63) is 126 Å². The number of aromatic amines is 2. The lowest BCUT2D eigenvalue weighted by Crippen LogP contribution is -2.50. The number of imidazole rings is 2. The molecule has 16 heteroatoms. The monoisotopic (exact) mass is 959 g/mol. The van der Waals surface area contributed by atoms with Gasteiger partial charge in [0.05, 0.1) is 67.1 Å². The molecule has 0 spiro atoms. The van der Waals surface area contributed by atoms with Gasteiger partial charge in [0.1, 0.15) is 24.0 Å². The van der Waals surface area contributed by atoms with E-state index in [0.29, 0.717) is 50.8 Å². The van der Waals surface area contributed by atoms with Gasteiger partial charge in [-0.3, -0.25) is 9.69 Å². The molecule has 3 aliphatic heterocycles. The van der Waals surface area contributed by atoms with Gasteiger partial charge in [0.25, 0.3) is 5.91 Å². The first-order valence-corrected chi connectivity index (χ1v) is 24.4. The molecule has 368 valence electrons. The van der Waals surface area contributed by atoms with E-state index in [4.69, 9.17) is 39.4 Å². The highest BCUT2D eigenvalue weighted by molar-refractivity contribution is 6.00. The number of rotatable bonds is 16. The number of nitrogens with two attached hydrogens (primary N) is 1. The van der Waals surface area contributed by atoms with Crippen molar-refractivity contribution in [2.24, 2.45) is 0 Å². The summed E-state index contributed by atoms with van der Waals surface area (Å²) in [6.45, 7) is 12.4. The Kier molecular flexibility index (Phi) is 13.8. The van der Waals surface area contributed by atoms with E-state index in [1.807, 2.05) is 61.5 Å². The van der Waals surface area contributed by atoms with Crippen LogP contribution < -0.4 is 24.8 Å². The van der Waals surface area contributed by atoms with Crippen LogP contribution in [0.2, 0.25) is 0 Å². The number of nitrogen functional groups attached to an aromatic ring is 1. The third-order valence-electron chi connectivity index (χ3n) is 13.6. The van der Waals surface area contributed by atoms with Crippen molar-refractivity contribution < 1.29 is 33.3 Å². The number of likely N-dealkylation sites (tertiary alicyclic amines) is 1. The number of fused-ring (bicyclic) bond motifs is 2. The molecule has 3 fully saturated rings. The van der Waals surface area contributed by atoms with Crippen LogP contribution in [0.3, 0.4) is 0 Å². The van der Waals surface area contributed by atoms with Crippen molar-refractivity contribution in [2.75, 3.05) is 83.9 Å². The number of carbonyl (C=O) groups excluding carboxylic acids is 2. The first kappa shape index (κ1) is 47.1. The summed E-state index contributed by atoms with van der Waals surface area (Å²) in [6.07, 6.45) is 1.77. The van der Waals surface area contributed by atoms with Crippen LogP contribution >= 0.6 is 0 Å². The Labute approximate surface area is 413 Å². The van der Waals surface area contributed by atoms with Gasteiger partial charge >= 0.3 is 6.09 Å². The molecule has 0 bridgehead atoms. The summed E-state index contributed by atoms with van der Waals surface area (Å²) in [7, 11) is 3.70. The van der Waals surface area contributed by atoms with E-state index in [2.05, 4.69) is 63.7 Å². The van der Waals surface area contributed by atoms with E-state index >= 15 is 0 Å². The van der Waals surface area contributed by atoms with Crippen LogP contribution in [0.1, 0.15) is 47.2 Å². The third-order valence-corrected chi connectivity index (χ3v) is 13.6. The number of benzene rings is 5. The maximum absolute atomic E-state index is 14.2. The second-order valence-corrected chi connectivity index (χ2v) is 18.7. The molecule has 71 heavy (non-hydrogen) atoms. The van der Waals surface area contributed by atoms with Crippen LogP contribution in [-0.4, -0.2) is 132 Å². The minimum atomic E-state index is -0.692. The number of H-pyrrole nitrogens is 2. The van der Waals surface area contributed by atoms with Crippen molar-refractivity contribution >= 4 is 45.4 Å². The second kappa shape index (κ2) is 20.8. The molecule has 10 rings (SSSR count). The number of piperazine rings is 1. The highest BCUT2D eigenvalue weighted by Crippen LogP contribution is 2.37. The number of nitrogens with one attached hydrogen (secondary N) is 2. The van der Waals surface area contributed by atoms with E-state index in [-0.39, 0.29) is 23.8 Å². The minimum absolute atomic E-state index is 0.136. The molecule has 16 nitrogen and oxygen atoms in total. The molecular weight excluding hydrogens is 899 g/mol. The van der Waals surface area contributed by atoms with Gasteiger partial charge in [-0.05, 0) is 112 Å². The van der Waals surface area contributed by atoms with Crippen LogP contribution in [-0.2, 0) is 16.1 Å². The number of methoxy groups -OCH3 is 1. The Morgan fingerprint density at radius 3 is 2.21 bits per heavy atom. The summed E-state index contributed by atoms with van der Waals surface area (Å²) < 4.78 is 29.6. The fourth-order valence-electron chi connectivity index (χ4n) is 9.56. The van der Waals surface area contributed by atoms with Gasteiger partial charge in [-0.15, -0.1) is 0 Å². The number of ether oxygens (including phenoxy) is 5. The van der Waals surface area contributed by atoms with Gasteiger partial charge in [-0.2, -0.15) is 0 Å². The number of nitrogens with zero attached hydrogens (tertiary/aromatic N) is 6. The molecule has 0 radical (unpaired) electrons. The lowest BCUT2D eigenvalue weighted by atomic mass is 10.1. The fourth-order valence-corrected chi connectivity index (χ4v) is 9.56. The molecule has 5 heterocycles. The zero-order chi connectivity index (χ0) is 49.0. The van der Waals surface area contributed by atoms with Crippen LogP contribution in [0.25, 0.3) is 44.8 Å². The van der Waals surface area contributed by atoms with Crippen molar-refractivity contribution in [3.8, 4) is 40.0 Å². The number of hydrogen-bond acceptors (Lipinski definition) is 12. The van der Waals surface area contributed by atoms with Gasteiger partial charge in [0, 0.05) is 61.3 Å². The molecule has 0 saturated carbocycles. The van der Waals surface area contributed by atoms with E-state index < -0.39 is 18.4 Å². The Hall–Kier alpha value is -7.56. The molecule has 2 amide bonds. The number of carbonyl (C=O) groups is 2. The van der Waals surface area contributed by atoms with Crippen LogP contribution in [0, 0.1) is 6.92 Å². The van der Waals surface area contributed by atoms with E-state index in [1.165, 1.54) is 12.8 Å². The van der Waals surface area contributed by atoms with Gasteiger partial charge in [0.15, 0.2) is 17.7 Å². The summed E-state index contributed by atoms with van der Waals surface area (Å²) in [5.74, 6) is 2.93. The zero-order valence-corrected chi connectivity index (χ0v) is 40.6. The molecule has 0 aliphatic carbocycles. The van der Waals surface area contributed by atoms with Crippen LogP contribution in [0.15, 0.2) is 109 Å². The molecule has 3 saturated heterocycles. The Morgan fingerprint density at radius 2 is 1.46 bits per heavy atom. The number of anilines is 2. The summed E-state index contributed by atoms with van der Waals surface area (Å²) in [4.78, 5) is 52.3. The van der Waals surface area contributed by atoms with Crippen molar-refractivity contribution in [3.63, 3.8) is 0 Å². The highest BCUT2D eigenvalue weighted by atomic mass is 16.6. The summed E-state index contributed by atoms with van der Waals surface area (Å²) in [6, 6.07) is 31.2. The first-order valence-electron chi connectivity index (χ1n) is 24.4. The Balaban J connectivity index is 0.683. The molecule has 7 aromatic rings. The molecule has 1 unspecified atom stereocenters. The first-order chi connectivity index (χ1) is 34.6. The summed E-state index contributed by atoms with van der Waals surface area (Å²) in [5, 5.41) is 0. The predicted molar refractivity (Wildman–Crippen MR) is 275 cm³/mol. The van der Waals surface area contributed by atoms with Gasteiger partial charge < -0.3 is 54.1 Å². The number of likely N-dealkylation sites (N-methyl/N-ethyl adjacent to an activating group) is 1. The minimum Gasteiger partial charge on any atom is -0.494 e. The van der Waals surface area contributed by atoms with E-state index in [0.717, 1.165) is 113 Å². The second-order valence-electron chi connectivity index (χ2n) is 18.7. The molecule has 5 aromatic carbocycles. The van der Waals surface area contributed by atoms with Crippen molar-refractivity contribution in [1.29, 1.82) is 0 Å². The molecular formula is C55H61N9O7. The molecule has 3 aliphatic rings. The SMILES string of the molecule is C=C1C[C@@H](C2OCCN2C(=O)OCc2ccc(C)cc2)N(C(=O)c2cc(OC)c(OCCCCCOc3ccc(-c4nc5ccc(-c6nc7ccc(N8CCN(C)CC8)cc7[nH]6)cc5[nH]4)cc3)cc2N)C1. The Bertz CT molecular complexity index is 3030.